The van der Waals surface area contributed by atoms with Gasteiger partial charge in [-0.15, -0.1) is 0 Å². The van der Waals surface area contributed by atoms with E-state index in [9.17, 15) is 0 Å². The van der Waals surface area contributed by atoms with Gasteiger partial charge >= 0.3 is 0 Å². The molecule has 0 aromatic rings. The second-order valence-corrected chi connectivity index (χ2v) is 2.88. The third kappa shape index (κ3) is 5.52. The maximum Gasteiger partial charge on any atom is 0.0704 e. The van der Waals surface area contributed by atoms with Gasteiger partial charge in [0, 0.05) is 6.61 Å². The van der Waals surface area contributed by atoms with Crippen molar-refractivity contribution >= 4 is 0 Å². The minimum Gasteiger partial charge on any atom is -0.379 e. The molecule has 72 valence electrons. The Bertz CT molecular complexity index is 102. The van der Waals surface area contributed by atoms with Crippen molar-refractivity contribution in [1.82, 2.24) is 0 Å². The summed E-state index contributed by atoms with van der Waals surface area (Å²) in [7, 11) is 0. The number of rotatable bonds is 8. The Morgan fingerprint density at radius 2 is 1.67 bits per heavy atom. The van der Waals surface area contributed by atoms with Crippen molar-refractivity contribution < 1.29 is 14.2 Å². The molecule has 1 aliphatic rings. The second-order valence-electron chi connectivity index (χ2n) is 2.88. The van der Waals surface area contributed by atoms with E-state index in [0.717, 1.165) is 13.2 Å². The maximum atomic E-state index is 5.39. The summed E-state index contributed by atoms with van der Waals surface area (Å²) in [6.45, 7) is 5.56. The molecule has 0 aromatic heterocycles. The summed E-state index contributed by atoms with van der Waals surface area (Å²) in [5.74, 6) is 0. The van der Waals surface area contributed by atoms with Gasteiger partial charge in [0.05, 0.1) is 32.5 Å². The van der Waals surface area contributed by atoms with Crippen LogP contribution in [0.5, 0.6) is 0 Å². The Balaban J connectivity index is 1.65. The van der Waals surface area contributed by atoms with Crippen LogP contribution in [0.25, 0.3) is 0 Å². The summed E-state index contributed by atoms with van der Waals surface area (Å²) in [6.07, 6.45) is 3.01. The summed E-state index contributed by atoms with van der Waals surface area (Å²) < 4.78 is 15.8. The van der Waals surface area contributed by atoms with Gasteiger partial charge in [0.15, 0.2) is 0 Å². The first-order valence-corrected chi connectivity index (χ1v) is 4.70. The largest absolute Gasteiger partial charge is 0.379 e. The quantitative estimate of drug-likeness (QED) is 0.518. The number of ether oxygens (including phenoxy) is 3. The Labute approximate surface area is 74.0 Å². The van der Waals surface area contributed by atoms with Crippen molar-refractivity contribution in [3.8, 4) is 0 Å². The number of hydrogen-bond donors (Lipinski definition) is 0. The van der Waals surface area contributed by atoms with Crippen molar-refractivity contribution in [2.45, 2.75) is 25.9 Å². The third-order valence-corrected chi connectivity index (χ3v) is 1.68. The van der Waals surface area contributed by atoms with Crippen LogP contribution in [0.15, 0.2) is 0 Å². The van der Waals surface area contributed by atoms with Crippen molar-refractivity contribution in [3.05, 3.63) is 0 Å². The van der Waals surface area contributed by atoms with Crippen molar-refractivity contribution in [3.63, 3.8) is 0 Å². The highest BCUT2D eigenvalue weighted by atomic mass is 16.5. The summed E-state index contributed by atoms with van der Waals surface area (Å²) in [5.41, 5.74) is 0. The van der Waals surface area contributed by atoms with Gasteiger partial charge in [-0.05, 0) is 19.8 Å². The number of hydrogen-bond acceptors (Lipinski definition) is 3. The fraction of sp³-hybridized carbons (Fsp3) is 1.00. The maximum absolute atomic E-state index is 5.39. The van der Waals surface area contributed by atoms with Gasteiger partial charge < -0.3 is 14.2 Å². The highest BCUT2D eigenvalue weighted by molar-refractivity contribution is 4.72. The Morgan fingerprint density at radius 1 is 1.00 bits per heavy atom. The van der Waals surface area contributed by atoms with Crippen LogP contribution in [0.2, 0.25) is 0 Å². The summed E-state index contributed by atoms with van der Waals surface area (Å²) >= 11 is 0. The molecule has 0 atom stereocenters. The highest BCUT2D eigenvalue weighted by Crippen LogP contribution is 2.22. The van der Waals surface area contributed by atoms with Gasteiger partial charge in [-0.1, -0.05) is 0 Å². The molecule has 1 rings (SSSR count). The summed E-state index contributed by atoms with van der Waals surface area (Å²) in [5, 5.41) is 0. The Morgan fingerprint density at radius 3 is 2.33 bits per heavy atom. The molecule has 0 aliphatic heterocycles. The van der Waals surface area contributed by atoms with Crippen molar-refractivity contribution in [1.29, 1.82) is 0 Å². The molecule has 0 unspecified atom stereocenters. The lowest BCUT2D eigenvalue weighted by atomic mass is 10.7. The minimum absolute atomic E-state index is 0.542. The summed E-state index contributed by atoms with van der Waals surface area (Å²) in [4.78, 5) is 0. The lowest BCUT2D eigenvalue weighted by Gasteiger charge is -2.04. The first-order valence-electron chi connectivity index (χ1n) is 4.70. The van der Waals surface area contributed by atoms with Gasteiger partial charge in [-0.25, -0.2) is 0 Å². The predicted molar refractivity (Wildman–Crippen MR) is 46.3 cm³/mol. The topological polar surface area (TPSA) is 27.7 Å². The molecule has 0 bridgehead atoms. The molecule has 0 heterocycles. The highest BCUT2D eigenvalue weighted by Gasteiger charge is 2.21. The minimum atomic E-state index is 0.542. The first kappa shape index (κ1) is 9.96. The van der Waals surface area contributed by atoms with Crippen molar-refractivity contribution in [2.24, 2.45) is 0 Å². The molecule has 0 radical (unpaired) electrons. The SMILES string of the molecule is CCOCCOCCOC1CC1. The molecular formula is C9H18O3. The average Bonchev–Trinajstić information content (AvgIpc) is 2.87. The van der Waals surface area contributed by atoms with E-state index >= 15 is 0 Å². The van der Waals surface area contributed by atoms with Crippen LogP contribution in [0.1, 0.15) is 19.8 Å². The van der Waals surface area contributed by atoms with E-state index in [1.54, 1.807) is 0 Å². The van der Waals surface area contributed by atoms with Crippen LogP contribution in [0.3, 0.4) is 0 Å². The van der Waals surface area contributed by atoms with Gasteiger partial charge in [0.1, 0.15) is 0 Å². The van der Waals surface area contributed by atoms with Crippen LogP contribution in [-0.2, 0) is 14.2 Å². The third-order valence-electron chi connectivity index (χ3n) is 1.68. The zero-order valence-electron chi connectivity index (χ0n) is 7.75. The zero-order chi connectivity index (χ0) is 8.65. The van der Waals surface area contributed by atoms with E-state index in [0.29, 0.717) is 25.9 Å². The van der Waals surface area contributed by atoms with E-state index < -0.39 is 0 Å². The van der Waals surface area contributed by atoms with Gasteiger partial charge in [0.2, 0.25) is 0 Å². The van der Waals surface area contributed by atoms with E-state index in [1.165, 1.54) is 12.8 Å². The van der Waals surface area contributed by atoms with E-state index in [4.69, 9.17) is 14.2 Å². The molecule has 1 aliphatic carbocycles. The first-order chi connectivity index (χ1) is 5.93. The van der Waals surface area contributed by atoms with Crippen LogP contribution in [0, 0.1) is 0 Å². The normalized spacial score (nSPS) is 16.8. The van der Waals surface area contributed by atoms with Gasteiger partial charge in [-0.3, -0.25) is 0 Å². The standard InChI is InChI=1S/C9H18O3/c1-2-10-5-6-11-7-8-12-9-3-4-9/h9H,2-8H2,1H3. The van der Waals surface area contributed by atoms with Gasteiger partial charge in [0.25, 0.3) is 0 Å². The fourth-order valence-corrected chi connectivity index (χ4v) is 0.873. The predicted octanol–water partition coefficient (Wildman–Crippen LogP) is 1.22. The Hall–Kier alpha value is -0.120. The lowest BCUT2D eigenvalue weighted by Crippen LogP contribution is -2.09. The fourth-order valence-electron chi connectivity index (χ4n) is 0.873. The molecule has 3 heteroatoms. The molecule has 0 saturated heterocycles. The van der Waals surface area contributed by atoms with Crippen LogP contribution >= 0.6 is 0 Å². The molecule has 0 aromatic carbocycles. The summed E-state index contributed by atoms with van der Waals surface area (Å²) in [6, 6.07) is 0. The molecule has 1 fully saturated rings. The van der Waals surface area contributed by atoms with E-state index in [-0.39, 0.29) is 0 Å². The second kappa shape index (κ2) is 6.40. The van der Waals surface area contributed by atoms with Gasteiger partial charge in [-0.2, -0.15) is 0 Å². The molecule has 1 saturated carbocycles. The smallest absolute Gasteiger partial charge is 0.0704 e. The molecular weight excluding hydrogens is 156 g/mol. The van der Waals surface area contributed by atoms with Crippen LogP contribution in [-0.4, -0.2) is 39.1 Å². The Kier molecular flexibility index (Phi) is 5.32. The van der Waals surface area contributed by atoms with E-state index in [2.05, 4.69) is 0 Å². The molecule has 0 spiro atoms. The zero-order valence-corrected chi connectivity index (χ0v) is 7.75. The van der Waals surface area contributed by atoms with E-state index in [1.807, 2.05) is 6.92 Å². The average molecular weight is 174 g/mol. The van der Waals surface area contributed by atoms with Crippen LogP contribution in [0.4, 0.5) is 0 Å². The molecule has 0 N–H and O–H groups in total. The lowest BCUT2D eigenvalue weighted by molar-refractivity contribution is 0.0127. The molecule has 12 heavy (non-hydrogen) atoms. The van der Waals surface area contributed by atoms with Crippen LogP contribution < -0.4 is 0 Å². The monoisotopic (exact) mass is 174 g/mol. The van der Waals surface area contributed by atoms with Crippen molar-refractivity contribution in [2.75, 3.05) is 33.0 Å². The molecule has 3 nitrogen and oxygen atoms in total. The molecule has 0 amide bonds.